The van der Waals surface area contributed by atoms with Crippen molar-refractivity contribution in [1.29, 1.82) is 0 Å². The van der Waals surface area contributed by atoms with Gasteiger partial charge in [-0.2, -0.15) is 0 Å². The second-order valence-corrected chi connectivity index (χ2v) is 6.68. The largest absolute Gasteiger partial charge is 0.342 e. The molecule has 4 heteroatoms. The first kappa shape index (κ1) is 13.7. The molecule has 2 atom stereocenters. The van der Waals surface area contributed by atoms with Crippen LogP contribution in [-0.2, 0) is 9.59 Å². The third kappa shape index (κ3) is 2.60. The van der Waals surface area contributed by atoms with Gasteiger partial charge in [0, 0.05) is 19.5 Å². The average molecular weight is 276 g/mol. The Balaban J connectivity index is 1.73. The molecule has 1 heterocycles. The molecule has 20 heavy (non-hydrogen) atoms. The summed E-state index contributed by atoms with van der Waals surface area (Å²) in [5.74, 6) is 1.06. The smallest absolute Gasteiger partial charge is 0.248 e. The summed E-state index contributed by atoms with van der Waals surface area (Å²) in [4.78, 5) is 26.7. The number of hydrogen-bond acceptors (Lipinski definition) is 2. The van der Waals surface area contributed by atoms with E-state index in [1.807, 2.05) is 11.8 Å². The Hall–Kier alpha value is -1.32. The highest BCUT2D eigenvalue weighted by molar-refractivity contribution is 5.93. The van der Waals surface area contributed by atoms with Crippen LogP contribution in [0.1, 0.15) is 45.4 Å². The van der Waals surface area contributed by atoms with E-state index < -0.39 is 5.54 Å². The Morgan fingerprint density at radius 3 is 2.75 bits per heavy atom. The molecule has 1 saturated heterocycles. The summed E-state index contributed by atoms with van der Waals surface area (Å²) in [6.45, 7) is 3.30. The maximum absolute atomic E-state index is 12.9. The summed E-state index contributed by atoms with van der Waals surface area (Å²) in [5, 5.41) is 2.99. The molecule has 1 saturated carbocycles. The lowest BCUT2D eigenvalue weighted by Crippen LogP contribution is -2.57. The topological polar surface area (TPSA) is 49.4 Å². The number of allylic oxidation sites excluding steroid dienone is 2. The van der Waals surface area contributed by atoms with E-state index in [1.165, 1.54) is 0 Å². The predicted octanol–water partition coefficient (Wildman–Crippen LogP) is 1.86. The summed E-state index contributed by atoms with van der Waals surface area (Å²) in [6.07, 6.45) is 10.3. The molecule has 2 unspecified atom stereocenters. The molecule has 0 radical (unpaired) electrons. The number of amides is 2. The van der Waals surface area contributed by atoms with Gasteiger partial charge in [0.25, 0.3) is 0 Å². The van der Waals surface area contributed by atoms with Crippen LogP contribution in [-0.4, -0.2) is 35.3 Å². The molecule has 0 spiro atoms. The first-order chi connectivity index (χ1) is 9.59. The van der Waals surface area contributed by atoms with Gasteiger partial charge in [-0.05, 0) is 50.9 Å². The molecule has 110 valence electrons. The number of nitrogens with zero attached hydrogens (tertiary/aromatic N) is 1. The predicted molar refractivity (Wildman–Crippen MR) is 76.9 cm³/mol. The molecule has 2 aliphatic carbocycles. The van der Waals surface area contributed by atoms with Crippen LogP contribution in [0, 0.1) is 11.8 Å². The van der Waals surface area contributed by atoms with Crippen LogP contribution in [0.25, 0.3) is 0 Å². The lowest BCUT2D eigenvalue weighted by Gasteiger charge is -2.34. The fourth-order valence-corrected chi connectivity index (χ4v) is 3.52. The minimum Gasteiger partial charge on any atom is -0.342 e. The lowest BCUT2D eigenvalue weighted by molar-refractivity contribution is -0.139. The van der Waals surface area contributed by atoms with E-state index in [4.69, 9.17) is 0 Å². The first-order valence-electron chi connectivity index (χ1n) is 7.85. The Morgan fingerprint density at radius 2 is 2.10 bits per heavy atom. The standard InChI is InChI=1S/C16H24N2O2/c1-16(13-7-8-13)15(20)18(10-9-14(19)17-16)11-12-5-3-2-4-6-12/h2-3,12-13H,4-11H2,1H3,(H,17,19). The molecule has 0 aromatic heterocycles. The van der Waals surface area contributed by atoms with E-state index in [0.29, 0.717) is 24.8 Å². The number of carbonyl (C=O) groups excluding carboxylic acids is 2. The highest BCUT2D eigenvalue weighted by Gasteiger charge is 2.51. The molecule has 0 bridgehead atoms. The van der Waals surface area contributed by atoms with Crippen molar-refractivity contribution >= 4 is 11.8 Å². The molecule has 0 aromatic carbocycles. The molecule has 3 rings (SSSR count). The van der Waals surface area contributed by atoms with E-state index in [2.05, 4.69) is 17.5 Å². The van der Waals surface area contributed by atoms with Crippen molar-refractivity contribution in [2.45, 2.75) is 51.0 Å². The van der Waals surface area contributed by atoms with Crippen LogP contribution in [0.4, 0.5) is 0 Å². The number of hydrogen-bond donors (Lipinski definition) is 1. The highest BCUT2D eigenvalue weighted by atomic mass is 16.2. The summed E-state index contributed by atoms with van der Waals surface area (Å²) < 4.78 is 0. The molecule has 3 aliphatic rings. The van der Waals surface area contributed by atoms with Gasteiger partial charge in [0.2, 0.25) is 11.8 Å². The Bertz CT molecular complexity index is 442. The van der Waals surface area contributed by atoms with Crippen molar-refractivity contribution in [3.63, 3.8) is 0 Å². The highest BCUT2D eigenvalue weighted by Crippen LogP contribution is 2.41. The minimum atomic E-state index is -0.655. The fourth-order valence-electron chi connectivity index (χ4n) is 3.52. The quantitative estimate of drug-likeness (QED) is 0.800. The maximum Gasteiger partial charge on any atom is 0.248 e. The minimum absolute atomic E-state index is 0.0267. The van der Waals surface area contributed by atoms with Gasteiger partial charge in [-0.3, -0.25) is 9.59 Å². The van der Waals surface area contributed by atoms with Gasteiger partial charge in [-0.15, -0.1) is 0 Å². The molecule has 2 fully saturated rings. The number of nitrogens with one attached hydrogen (secondary N) is 1. The number of carbonyl (C=O) groups is 2. The van der Waals surface area contributed by atoms with Gasteiger partial charge in [0.15, 0.2) is 0 Å². The van der Waals surface area contributed by atoms with E-state index in [0.717, 1.165) is 38.6 Å². The molecule has 1 N–H and O–H groups in total. The van der Waals surface area contributed by atoms with Gasteiger partial charge in [-0.1, -0.05) is 12.2 Å². The van der Waals surface area contributed by atoms with E-state index in [9.17, 15) is 9.59 Å². The second kappa shape index (κ2) is 5.23. The lowest BCUT2D eigenvalue weighted by atomic mass is 9.91. The monoisotopic (exact) mass is 276 g/mol. The maximum atomic E-state index is 12.9. The zero-order valence-corrected chi connectivity index (χ0v) is 12.2. The van der Waals surface area contributed by atoms with Crippen LogP contribution in [0.5, 0.6) is 0 Å². The summed E-state index contributed by atoms with van der Waals surface area (Å²) in [6, 6.07) is 0. The van der Waals surface area contributed by atoms with E-state index >= 15 is 0 Å². The van der Waals surface area contributed by atoms with Gasteiger partial charge in [0.1, 0.15) is 5.54 Å². The zero-order chi connectivity index (χ0) is 14.2. The van der Waals surface area contributed by atoms with Crippen LogP contribution >= 0.6 is 0 Å². The molecule has 4 nitrogen and oxygen atoms in total. The van der Waals surface area contributed by atoms with Crippen LogP contribution < -0.4 is 5.32 Å². The van der Waals surface area contributed by atoms with Crippen molar-refractivity contribution < 1.29 is 9.59 Å². The summed E-state index contributed by atoms with van der Waals surface area (Å²) >= 11 is 0. The molecule has 2 amide bonds. The van der Waals surface area contributed by atoms with Gasteiger partial charge >= 0.3 is 0 Å². The van der Waals surface area contributed by atoms with Crippen molar-refractivity contribution in [1.82, 2.24) is 10.2 Å². The third-order valence-electron chi connectivity index (χ3n) is 4.99. The molecular weight excluding hydrogens is 252 g/mol. The number of rotatable bonds is 3. The van der Waals surface area contributed by atoms with Gasteiger partial charge < -0.3 is 10.2 Å². The van der Waals surface area contributed by atoms with Gasteiger partial charge in [-0.25, -0.2) is 0 Å². The summed E-state index contributed by atoms with van der Waals surface area (Å²) in [5.41, 5.74) is -0.655. The van der Waals surface area contributed by atoms with Crippen molar-refractivity contribution in [3.05, 3.63) is 12.2 Å². The average Bonchev–Trinajstić information content (AvgIpc) is 3.28. The summed E-state index contributed by atoms with van der Waals surface area (Å²) in [7, 11) is 0. The van der Waals surface area contributed by atoms with Crippen LogP contribution in [0.3, 0.4) is 0 Å². The molecular formula is C16H24N2O2. The third-order valence-corrected chi connectivity index (χ3v) is 4.99. The van der Waals surface area contributed by atoms with Crippen LogP contribution in [0.15, 0.2) is 12.2 Å². The van der Waals surface area contributed by atoms with Crippen molar-refractivity contribution in [3.8, 4) is 0 Å². The molecule has 0 aromatic rings. The Labute approximate surface area is 120 Å². The van der Waals surface area contributed by atoms with Crippen LogP contribution in [0.2, 0.25) is 0 Å². The fraction of sp³-hybridized carbons (Fsp3) is 0.750. The SMILES string of the molecule is CC1(C2CC2)NC(=O)CCN(CC2CC=CCC2)C1=O. The normalized spacial score (nSPS) is 34.9. The Kier molecular flexibility index (Phi) is 3.57. The van der Waals surface area contributed by atoms with Gasteiger partial charge in [0.05, 0.1) is 0 Å². The van der Waals surface area contributed by atoms with E-state index in [1.54, 1.807) is 0 Å². The van der Waals surface area contributed by atoms with E-state index in [-0.39, 0.29) is 11.8 Å². The second-order valence-electron chi connectivity index (χ2n) is 6.68. The molecule has 1 aliphatic heterocycles. The van der Waals surface area contributed by atoms with Crippen molar-refractivity contribution in [2.24, 2.45) is 11.8 Å². The van der Waals surface area contributed by atoms with Crippen molar-refractivity contribution in [2.75, 3.05) is 13.1 Å². The Morgan fingerprint density at radius 1 is 1.30 bits per heavy atom. The zero-order valence-electron chi connectivity index (χ0n) is 12.2. The first-order valence-corrected chi connectivity index (χ1v) is 7.85.